The van der Waals surface area contributed by atoms with Crippen molar-refractivity contribution >= 4 is 29.3 Å². The average Bonchev–Trinajstić information content (AvgIpc) is 2.89. The number of ether oxygens (including phenoxy) is 1. The summed E-state index contributed by atoms with van der Waals surface area (Å²) < 4.78 is 5.08. The molecule has 6 heteroatoms. The summed E-state index contributed by atoms with van der Waals surface area (Å²) in [7, 11) is 0. The molecule has 0 aromatic carbocycles. The second-order valence-electron chi connectivity index (χ2n) is 3.81. The van der Waals surface area contributed by atoms with E-state index in [-0.39, 0.29) is 12.5 Å². The van der Waals surface area contributed by atoms with Crippen LogP contribution in [0.15, 0.2) is 23.6 Å². The van der Waals surface area contributed by atoms with Crippen molar-refractivity contribution in [3.63, 3.8) is 0 Å². The van der Waals surface area contributed by atoms with Gasteiger partial charge in [-0.2, -0.15) is 0 Å². The van der Waals surface area contributed by atoms with Gasteiger partial charge in [-0.1, -0.05) is 6.07 Å². The molecule has 0 unspecified atom stereocenters. The van der Waals surface area contributed by atoms with Gasteiger partial charge in [0.25, 0.3) is 0 Å². The first-order valence-electron chi connectivity index (χ1n) is 5.51. The Labute approximate surface area is 108 Å². The summed E-state index contributed by atoms with van der Waals surface area (Å²) in [6.45, 7) is 0.737. The minimum absolute atomic E-state index is 0.0495. The monoisotopic (exact) mass is 267 g/mol. The summed E-state index contributed by atoms with van der Waals surface area (Å²) in [5, 5.41) is 10.9. The highest BCUT2D eigenvalue weighted by molar-refractivity contribution is 7.10. The van der Waals surface area contributed by atoms with E-state index < -0.39 is 12.0 Å². The molecule has 1 aliphatic heterocycles. The van der Waals surface area contributed by atoms with E-state index in [1.807, 2.05) is 17.5 Å². The van der Waals surface area contributed by atoms with Crippen LogP contribution in [0.2, 0.25) is 0 Å². The van der Waals surface area contributed by atoms with Crippen LogP contribution in [0.3, 0.4) is 0 Å². The van der Waals surface area contributed by atoms with E-state index >= 15 is 0 Å². The molecule has 1 aromatic rings. The van der Waals surface area contributed by atoms with Crippen LogP contribution in [0.1, 0.15) is 4.88 Å². The smallest absolute Gasteiger partial charge is 0.328 e. The number of thiophene rings is 1. The van der Waals surface area contributed by atoms with Crippen LogP contribution in [0.5, 0.6) is 0 Å². The second-order valence-corrected chi connectivity index (χ2v) is 4.79. The van der Waals surface area contributed by atoms with E-state index in [0.717, 1.165) is 4.88 Å². The van der Waals surface area contributed by atoms with Gasteiger partial charge in [0, 0.05) is 17.5 Å². The van der Waals surface area contributed by atoms with Gasteiger partial charge in [0.1, 0.15) is 0 Å². The molecule has 2 heterocycles. The fraction of sp³-hybridized carbons (Fsp3) is 0.333. The quantitative estimate of drug-likeness (QED) is 0.832. The molecule has 0 bridgehead atoms. The van der Waals surface area contributed by atoms with Gasteiger partial charge in [-0.25, -0.2) is 4.79 Å². The van der Waals surface area contributed by atoms with Gasteiger partial charge in [-0.3, -0.25) is 4.79 Å². The minimum Gasteiger partial charge on any atom is -0.480 e. The Morgan fingerprint density at radius 3 is 3.06 bits per heavy atom. The molecule has 0 spiro atoms. The van der Waals surface area contributed by atoms with E-state index in [2.05, 4.69) is 0 Å². The molecule has 2 rings (SSSR count). The Morgan fingerprint density at radius 2 is 2.39 bits per heavy atom. The number of hydrogen-bond acceptors (Lipinski definition) is 4. The molecule has 0 aliphatic carbocycles. The molecule has 1 N–H and O–H groups in total. The molecule has 96 valence electrons. The SMILES string of the molecule is O=C(O)[C@H]1COCCN1C(=O)/C=C\c1cccs1. The first kappa shape index (κ1) is 12.8. The lowest BCUT2D eigenvalue weighted by Crippen LogP contribution is -2.52. The van der Waals surface area contributed by atoms with Crippen molar-refractivity contribution in [1.82, 2.24) is 4.90 Å². The van der Waals surface area contributed by atoms with Crippen LogP contribution in [0, 0.1) is 0 Å². The van der Waals surface area contributed by atoms with Crippen LogP contribution >= 0.6 is 11.3 Å². The van der Waals surface area contributed by atoms with E-state index in [9.17, 15) is 9.59 Å². The Hall–Kier alpha value is -1.66. The fourth-order valence-corrected chi connectivity index (χ4v) is 2.33. The minimum atomic E-state index is -1.03. The lowest BCUT2D eigenvalue weighted by molar-refractivity contribution is -0.156. The maximum atomic E-state index is 11.9. The molecule has 1 atom stereocenters. The van der Waals surface area contributed by atoms with E-state index in [1.165, 1.54) is 22.3 Å². The zero-order valence-electron chi connectivity index (χ0n) is 9.61. The maximum absolute atomic E-state index is 11.9. The van der Waals surface area contributed by atoms with Gasteiger partial charge in [0.15, 0.2) is 6.04 Å². The molecule has 5 nitrogen and oxygen atoms in total. The van der Waals surface area contributed by atoms with Crippen LogP contribution in [0.25, 0.3) is 6.08 Å². The van der Waals surface area contributed by atoms with Gasteiger partial charge >= 0.3 is 5.97 Å². The third-order valence-corrected chi connectivity index (χ3v) is 3.47. The predicted molar refractivity (Wildman–Crippen MR) is 67.3 cm³/mol. The highest BCUT2D eigenvalue weighted by atomic mass is 32.1. The molecule has 1 fully saturated rings. The lowest BCUT2D eigenvalue weighted by atomic mass is 10.2. The fourth-order valence-electron chi connectivity index (χ4n) is 1.71. The zero-order valence-corrected chi connectivity index (χ0v) is 10.4. The third-order valence-electron chi connectivity index (χ3n) is 2.63. The average molecular weight is 267 g/mol. The summed E-state index contributed by atoms with van der Waals surface area (Å²) in [4.78, 5) is 25.2. The largest absolute Gasteiger partial charge is 0.480 e. The first-order valence-corrected chi connectivity index (χ1v) is 6.39. The topological polar surface area (TPSA) is 66.8 Å². The molecule has 1 aliphatic rings. The third kappa shape index (κ3) is 2.96. The summed E-state index contributed by atoms with van der Waals surface area (Å²) in [6, 6.07) is 2.89. The van der Waals surface area contributed by atoms with E-state index in [0.29, 0.717) is 13.2 Å². The number of nitrogens with zero attached hydrogens (tertiary/aromatic N) is 1. The Kier molecular flexibility index (Phi) is 4.11. The van der Waals surface area contributed by atoms with Crippen molar-refractivity contribution in [2.45, 2.75) is 6.04 Å². The van der Waals surface area contributed by atoms with Crippen molar-refractivity contribution in [3.8, 4) is 0 Å². The molecule has 18 heavy (non-hydrogen) atoms. The van der Waals surface area contributed by atoms with Gasteiger partial charge in [-0.05, 0) is 17.5 Å². The van der Waals surface area contributed by atoms with Gasteiger partial charge in [-0.15, -0.1) is 11.3 Å². The highest BCUT2D eigenvalue weighted by Gasteiger charge is 2.31. The highest BCUT2D eigenvalue weighted by Crippen LogP contribution is 2.12. The van der Waals surface area contributed by atoms with Crippen molar-refractivity contribution in [2.75, 3.05) is 19.8 Å². The van der Waals surface area contributed by atoms with Crippen molar-refractivity contribution in [2.24, 2.45) is 0 Å². The summed E-state index contributed by atoms with van der Waals surface area (Å²) in [6.07, 6.45) is 3.11. The Morgan fingerprint density at radius 1 is 1.56 bits per heavy atom. The molecule has 1 saturated heterocycles. The van der Waals surface area contributed by atoms with Gasteiger partial charge in [0.2, 0.25) is 5.91 Å². The van der Waals surface area contributed by atoms with Crippen LogP contribution in [-0.4, -0.2) is 47.7 Å². The Bertz CT molecular complexity index is 455. The number of morpholine rings is 1. The Balaban J connectivity index is 2.04. The number of rotatable bonds is 3. The summed E-state index contributed by atoms with van der Waals surface area (Å²) >= 11 is 1.52. The number of carboxylic acid groups (broad SMARTS) is 1. The standard InChI is InChI=1S/C12H13NO4S/c14-11(4-3-9-2-1-7-18-9)13-5-6-17-8-10(13)12(15)16/h1-4,7,10H,5-6,8H2,(H,15,16)/b4-3-/t10-/m1/s1. The lowest BCUT2D eigenvalue weighted by Gasteiger charge is -2.31. The van der Waals surface area contributed by atoms with Crippen LogP contribution in [-0.2, 0) is 14.3 Å². The van der Waals surface area contributed by atoms with E-state index in [4.69, 9.17) is 9.84 Å². The van der Waals surface area contributed by atoms with Gasteiger partial charge < -0.3 is 14.7 Å². The first-order chi connectivity index (χ1) is 8.68. The number of aliphatic carboxylic acids is 1. The van der Waals surface area contributed by atoms with Gasteiger partial charge in [0.05, 0.1) is 13.2 Å². The van der Waals surface area contributed by atoms with Crippen molar-refractivity contribution in [1.29, 1.82) is 0 Å². The number of carboxylic acids is 1. The van der Waals surface area contributed by atoms with Crippen molar-refractivity contribution in [3.05, 3.63) is 28.5 Å². The van der Waals surface area contributed by atoms with Crippen molar-refractivity contribution < 1.29 is 19.4 Å². The summed E-state index contributed by atoms with van der Waals surface area (Å²) in [5.74, 6) is -1.33. The molecule has 1 aromatic heterocycles. The van der Waals surface area contributed by atoms with E-state index in [1.54, 1.807) is 6.08 Å². The van der Waals surface area contributed by atoms with Crippen LogP contribution in [0.4, 0.5) is 0 Å². The number of carbonyl (C=O) groups excluding carboxylic acids is 1. The molecular formula is C12H13NO4S. The second kappa shape index (κ2) is 5.79. The zero-order chi connectivity index (χ0) is 13.0. The number of hydrogen-bond donors (Lipinski definition) is 1. The number of carbonyl (C=O) groups is 2. The molecule has 0 radical (unpaired) electrons. The number of amides is 1. The summed E-state index contributed by atoms with van der Waals surface area (Å²) in [5.41, 5.74) is 0. The molecular weight excluding hydrogens is 254 g/mol. The molecule has 0 saturated carbocycles. The maximum Gasteiger partial charge on any atom is 0.328 e. The predicted octanol–water partition coefficient (Wildman–Crippen LogP) is 1.07. The normalized spacial score (nSPS) is 20.2. The molecule has 1 amide bonds. The van der Waals surface area contributed by atoms with Crippen LogP contribution < -0.4 is 0 Å².